The van der Waals surface area contributed by atoms with Gasteiger partial charge >= 0.3 is 0 Å². The maximum absolute atomic E-state index is 14.0. The van der Waals surface area contributed by atoms with Gasteiger partial charge in [-0.1, -0.05) is 58.4 Å². The molecule has 0 spiro atoms. The molecule has 1 aromatic heterocycles. The van der Waals surface area contributed by atoms with Crippen LogP contribution in [0.15, 0.2) is 107 Å². The van der Waals surface area contributed by atoms with Crippen LogP contribution in [0.2, 0.25) is 0 Å². The second kappa shape index (κ2) is 11.4. The number of ketones is 1. The molecule has 5 rings (SSSR count). The van der Waals surface area contributed by atoms with E-state index in [0.29, 0.717) is 36.2 Å². The second-order valence-electron chi connectivity index (χ2n) is 8.71. The Bertz CT molecular complexity index is 1420. The summed E-state index contributed by atoms with van der Waals surface area (Å²) in [4.78, 5) is 37.2. The van der Waals surface area contributed by atoms with E-state index < -0.39 is 6.04 Å². The molecular formula is C29H24BrIN4O2. The van der Waals surface area contributed by atoms with Crippen molar-refractivity contribution in [3.63, 3.8) is 0 Å². The molecule has 3 aromatic carbocycles. The lowest BCUT2D eigenvalue weighted by Gasteiger charge is -2.27. The summed E-state index contributed by atoms with van der Waals surface area (Å²) < 4.78 is 2.02. The largest absolute Gasteiger partial charge is 0.351 e. The van der Waals surface area contributed by atoms with Crippen molar-refractivity contribution in [2.24, 2.45) is 0 Å². The van der Waals surface area contributed by atoms with Gasteiger partial charge in [-0.2, -0.15) is 0 Å². The molecule has 1 atom stereocenters. The summed E-state index contributed by atoms with van der Waals surface area (Å²) in [7, 11) is 0. The molecule has 4 aromatic rings. The zero-order valence-electron chi connectivity index (χ0n) is 19.8. The number of carbonyl (C=O) groups excluding carboxylic acids is 2. The van der Waals surface area contributed by atoms with Crippen LogP contribution in [0.4, 0.5) is 5.69 Å². The molecule has 1 aliphatic rings. The number of H-pyrrole nitrogens is 1. The zero-order valence-corrected chi connectivity index (χ0v) is 23.6. The van der Waals surface area contributed by atoms with Crippen LogP contribution in [-0.2, 0) is 11.2 Å². The van der Waals surface area contributed by atoms with E-state index in [1.54, 1.807) is 29.4 Å². The van der Waals surface area contributed by atoms with Gasteiger partial charge in [-0.25, -0.2) is 4.98 Å². The van der Waals surface area contributed by atoms with Gasteiger partial charge in [-0.05, 0) is 71.0 Å². The third kappa shape index (κ3) is 5.70. The first-order valence-electron chi connectivity index (χ1n) is 11.9. The molecule has 6 nitrogen and oxygen atoms in total. The van der Waals surface area contributed by atoms with Crippen molar-refractivity contribution in [3.05, 3.63) is 128 Å². The van der Waals surface area contributed by atoms with Gasteiger partial charge in [0.2, 0.25) is 0 Å². The van der Waals surface area contributed by atoms with Gasteiger partial charge in [-0.3, -0.25) is 9.59 Å². The number of rotatable bonds is 9. The highest BCUT2D eigenvalue weighted by Gasteiger charge is 2.43. The molecule has 8 heteroatoms. The third-order valence-corrected chi connectivity index (χ3v) is 7.52. The van der Waals surface area contributed by atoms with Crippen LogP contribution in [-0.4, -0.2) is 33.1 Å². The number of halogens is 2. The summed E-state index contributed by atoms with van der Waals surface area (Å²) in [5.41, 5.74) is 2.96. The number of Topliss-reactive ketones (excluding diaryl/α,β-unsaturated/α-hetero) is 1. The van der Waals surface area contributed by atoms with Crippen LogP contribution < -0.4 is 5.32 Å². The molecule has 0 radical (unpaired) electrons. The summed E-state index contributed by atoms with van der Waals surface area (Å²) in [6.07, 6.45) is 4.92. The monoisotopic (exact) mass is 666 g/mol. The molecule has 37 heavy (non-hydrogen) atoms. The summed E-state index contributed by atoms with van der Waals surface area (Å²) in [5.74, 6) is 0.520. The Balaban J connectivity index is 1.58. The van der Waals surface area contributed by atoms with Gasteiger partial charge in [0.15, 0.2) is 5.78 Å². The highest BCUT2D eigenvalue weighted by atomic mass is 127. The van der Waals surface area contributed by atoms with Crippen LogP contribution in [0.1, 0.15) is 34.2 Å². The van der Waals surface area contributed by atoms with Gasteiger partial charge in [0, 0.05) is 44.7 Å². The Hall–Kier alpha value is -3.24. The van der Waals surface area contributed by atoms with Crippen LogP contribution in [0, 0.1) is 3.57 Å². The van der Waals surface area contributed by atoms with E-state index in [1.165, 1.54) is 0 Å². The molecule has 0 bridgehead atoms. The lowest BCUT2D eigenvalue weighted by Crippen LogP contribution is -2.33. The molecule has 0 aliphatic carbocycles. The number of anilines is 1. The zero-order chi connectivity index (χ0) is 25.8. The number of hydrogen-bond acceptors (Lipinski definition) is 4. The number of aromatic nitrogens is 2. The van der Waals surface area contributed by atoms with E-state index in [0.717, 1.165) is 25.1 Å². The lowest BCUT2D eigenvalue weighted by atomic mass is 9.92. The van der Waals surface area contributed by atoms with Crippen LogP contribution in [0.5, 0.6) is 0 Å². The molecule has 2 N–H and O–H groups in total. The first-order valence-corrected chi connectivity index (χ1v) is 13.8. The highest BCUT2D eigenvalue weighted by Crippen LogP contribution is 2.40. The van der Waals surface area contributed by atoms with Gasteiger partial charge < -0.3 is 15.2 Å². The van der Waals surface area contributed by atoms with Crippen molar-refractivity contribution in [2.45, 2.75) is 18.9 Å². The maximum atomic E-state index is 14.0. The number of aryl methyl sites for hydroxylation is 1. The predicted molar refractivity (Wildman–Crippen MR) is 156 cm³/mol. The Morgan fingerprint density at radius 3 is 2.43 bits per heavy atom. The number of imidazole rings is 1. The lowest BCUT2D eigenvalue weighted by molar-refractivity contribution is -0.127. The number of amides is 1. The van der Waals surface area contributed by atoms with Gasteiger partial charge in [0.05, 0.1) is 11.6 Å². The molecule has 1 amide bonds. The minimum Gasteiger partial charge on any atom is -0.351 e. The molecule has 0 fully saturated rings. The third-order valence-electron chi connectivity index (χ3n) is 6.28. The smallest absolute Gasteiger partial charge is 0.271 e. The van der Waals surface area contributed by atoms with Crippen LogP contribution >= 0.6 is 38.5 Å². The molecule has 2 heterocycles. The molecular weight excluding hydrogens is 643 g/mol. The summed E-state index contributed by atoms with van der Waals surface area (Å²) in [6.45, 7) is 0.476. The molecule has 0 saturated heterocycles. The average Bonchev–Trinajstić information content (AvgIpc) is 3.53. The first kappa shape index (κ1) is 25.4. The molecule has 0 saturated carbocycles. The van der Waals surface area contributed by atoms with Crippen molar-refractivity contribution in [1.29, 1.82) is 0 Å². The van der Waals surface area contributed by atoms with E-state index >= 15 is 0 Å². The number of carbonyl (C=O) groups is 2. The fraction of sp³-hybridized carbons (Fsp3) is 0.138. The normalized spacial score (nSPS) is 15.4. The molecule has 1 aliphatic heterocycles. The molecule has 186 valence electrons. The van der Waals surface area contributed by atoms with E-state index in [4.69, 9.17) is 0 Å². The summed E-state index contributed by atoms with van der Waals surface area (Å²) in [5, 5.41) is 3.30. The summed E-state index contributed by atoms with van der Waals surface area (Å²) in [6, 6.07) is 24.2. The number of aromatic amines is 1. The number of hydrogen-bond donors (Lipinski definition) is 2. The van der Waals surface area contributed by atoms with Crippen molar-refractivity contribution in [2.75, 3.05) is 11.9 Å². The highest BCUT2D eigenvalue weighted by molar-refractivity contribution is 14.1. The van der Waals surface area contributed by atoms with Crippen molar-refractivity contribution in [3.8, 4) is 0 Å². The Morgan fingerprint density at radius 2 is 1.76 bits per heavy atom. The fourth-order valence-electron chi connectivity index (χ4n) is 4.52. The maximum Gasteiger partial charge on any atom is 0.271 e. The van der Waals surface area contributed by atoms with Gasteiger partial charge in [0.25, 0.3) is 5.91 Å². The van der Waals surface area contributed by atoms with Crippen LogP contribution in [0.25, 0.3) is 0 Å². The fourth-order valence-corrected chi connectivity index (χ4v) is 5.15. The number of nitrogens with zero attached hydrogens (tertiary/aromatic N) is 2. The Morgan fingerprint density at radius 1 is 1.03 bits per heavy atom. The van der Waals surface area contributed by atoms with E-state index in [9.17, 15) is 9.59 Å². The number of benzene rings is 3. The van der Waals surface area contributed by atoms with Crippen molar-refractivity contribution >= 4 is 55.9 Å². The first-order chi connectivity index (χ1) is 18.0. The average molecular weight is 667 g/mol. The minimum atomic E-state index is -0.517. The van der Waals surface area contributed by atoms with Gasteiger partial charge in [0.1, 0.15) is 11.5 Å². The van der Waals surface area contributed by atoms with Crippen molar-refractivity contribution < 1.29 is 9.59 Å². The van der Waals surface area contributed by atoms with Gasteiger partial charge in [-0.15, -0.1) is 0 Å². The van der Waals surface area contributed by atoms with Crippen molar-refractivity contribution in [1.82, 2.24) is 14.9 Å². The molecule has 1 unspecified atom stereocenters. The predicted octanol–water partition coefficient (Wildman–Crippen LogP) is 6.54. The Labute approximate surface area is 237 Å². The topological polar surface area (TPSA) is 78.1 Å². The minimum absolute atomic E-state index is 0.164. The number of nitrogens with one attached hydrogen (secondary N) is 2. The standard InChI is InChI=1S/C29H24BrIN4O2/c30-21-10-8-19(9-11-21)27-25(28(36)20-5-2-1-3-6-20)26(34-23-14-12-22(31)13-15-23)29(37)35(27)18-4-7-24-32-16-17-33-24/h1-3,5-6,8-17,27,34H,4,7,18H2,(H,32,33). The van der Waals surface area contributed by atoms with Crippen LogP contribution in [0.3, 0.4) is 0 Å². The summed E-state index contributed by atoms with van der Waals surface area (Å²) >= 11 is 5.75. The quantitative estimate of drug-likeness (QED) is 0.157. The second-order valence-corrected chi connectivity index (χ2v) is 10.9. The Kier molecular flexibility index (Phi) is 7.85. The van der Waals surface area contributed by atoms with E-state index in [2.05, 4.69) is 53.8 Å². The SMILES string of the molecule is O=C(C1=C(Nc2ccc(I)cc2)C(=O)N(CCCc2ncc[nH]2)C1c1ccc(Br)cc1)c1ccccc1. The van der Waals surface area contributed by atoms with E-state index in [1.807, 2.05) is 66.7 Å². The van der Waals surface area contributed by atoms with E-state index in [-0.39, 0.29) is 11.7 Å².